The van der Waals surface area contributed by atoms with Crippen molar-refractivity contribution in [2.45, 2.75) is 84.4 Å². The molecule has 2 heteroatoms. The lowest BCUT2D eigenvalue weighted by Crippen LogP contribution is -2.28. The van der Waals surface area contributed by atoms with E-state index in [1.54, 1.807) is 5.57 Å². The molecular formula is C18H30OSi. The highest BCUT2D eigenvalue weighted by atomic mass is 28.3. The fourth-order valence-corrected chi connectivity index (χ4v) is 5.90. The normalized spacial score (nSPS) is 21.1. The van der Waals surface area contributed by atoms with Gasteiger partial charge in [-0.05, 0) is 54.9 Å². The van der Waals surface area contributed by atoms with Crippen molar-refractivity contribution in [3.63, 3.8) is 0 Å². The van der Waals surface area contributed by atoms with Crippen LogP contribution in [0.1, 0.15) is 64.7 Å². The maximum absolute atomic E-state index is 12.6. The summed E-state index contributed by atoms with van der Waals surface area (Å²) in [6.45, 7) is 9.25. The zero-order chi connectivity index (χ0) is 14.8. The van der Waals surface area contributed by atoms with E-state index in [0.29, 0.717) is 5.78 Å². The predicted octanol–water partition coefficient (Wildman–Crippen LogP) is 5.58. The minimum Gasteiger partial charge on any atom is -0.295 e. The molecule has 0 aromatic heterocycles. The number of allylic oxidation sites excluding steroid dienone is 4. The van der Waals surface area contributed by atoms with E-state index in [0.717, 1.165) is 12.8 Å². The average Bonchev–Trinajstić information content (AvgIpc) is 2.74. The SMILES string of the molecule is CCCCC1=C([Si](C)(C)C)C(=O)CC1=C1CCCCC1. The van der Waals surface area contributed by atoms with Crippen LogP contribution >= 0.6 is 0 Å². The largest absolute Gasteiger partial charge is 0.295 e. The Morgan fingerprint density at radius 3 is 2.25 bits per heavy atom. The minimum atomic E-state index is -1.51. The number of hydrogen-bond acceptors (Lipinski definition) is 1. The lowest BCUT2D eigenvalue weighted by atomic mass is 9.87. The number of carbonyl (C=O) groups is 1. The van der Waals surface area contributed by atoms with Crippen LogP contribution in [-0.2, 0) is 4.79 Å². The second kappa shape index (κ2) is 6.42. The highest BCUT2D eigenvalue weighted by molar-refractivity contribution is 6.87. The lowest BCUT2D eigenvalue weighted by Gasteiger charge is -2.21. The summed E-state index contributed by atoms with van der Waals surface area (Å²) in [4.78, 5) is 12.6. The van der Waals surface area contributed by atoms with E-state index < -0.39 is 8.07 Å². The van der Waals surface area contributed by atoms with Crippen molar-refractivity contribution in [3.05, 3.63) is 21.9 Å². The standard InChI is InChI=1S/C18H30OSi/c1-5-6-12-15-16(14-10-8-7-9-11-14)13-17(19)18(15)20(2,3)4/h5-13H2,1-4H3. The molecule has 0 bridgehead atoms. The number of rotatable bonds is 4. The molecular weight excluding hydrogens is 260 g/mol. The van der Waals surface area contributed by atoms with Crippen molar-refractivity contribution < 1.29 is 4.79 Å². The van der Waals surface area contributed by atoms with Crippen LogP contribution in [-0.4, -0.2) is 13.9 Å². The Labute approximate surface area is 125 Å². The van der Waals surface area contributed by atoms with Gasteiger partial charge in [0.2, 0.25) is 0 Å². The van der Waals surface area contributed by atoms with Gasteiger partial charge in [-0.1, -0.05) is 45.0 Å². The smallest absolute Gasteiger partial charge is 0.159 e. The van der Waals surface area contributed by atoms with Gasteiger partial charge in [-0.3, -0.25) is 4.79 Å². The van der Waals surface area contributed by atoms with Crippen molar-refractivity contribution in [1.29, 1.82) is 0 Å². The van der Waals surface area contributed by atoms with Crippen molar-refractivity contribution >= 4 is 13.9 Å². The Bertz CT molecular complexity index is 441. The van der Waals surface area contributed by atoms with Crippen molar-refractivity contribution in [1.82, 2.24) is 0 Å². The fraction of sp³-hybridized carbons (Fsp3) is 0.722. The zero-order valence-electron chi connectivity index (χ0n) is 13.8. The third-order valence-corrected chi connectivity index (χ3v) is 6.78. The van der Waals surface area contributed by atoms with Crippen molar-refractivity contribution in [2.24, 2.45) is 0 Å². The highest BCUT2D eigenvalue weighted by Crippen LogP contribution is 2.41. The topological polar surface area (TPSA) is 17.1 Å². The predicted molar refractivity (Wildman–Crippen MR) is 89.6 cm³/mol. The van der Waals surface area contributed by atoms with Crippen LogP contribution in [0.2, 0.25) is 19.6 Å². The van der Waals surface area contributed by atoms with E-state index in [4.69, 9.17) is 0 Å². The van der Waals surface area contributed by atoms with Gasteiger partial charge in [0.1, 0.15) is 0 Å². The molecule has 0 aromatic rings. The Morgan fingerprint density at radius 2 is 1.70 bits per heavy atom. The maximum Gasteiger partial charge on any atom is 0.159 e. The van der Waals surface area contributed by atoms with E-state index in [2.05, 4.69) is 26.6 Å². The summed E-state index contributed by atoms with van der Waals surface area (Å²) in [5, 5.41) is 1.28. The number of unbranched alkanes of at least 4 members (excludes halogenated alkanes) is 1. The van der Waals surface area contributed by atoms with Gasteiger partial charge < -0.3 is 0 Å². The van der Waals surface area contributed by atoms with Gasteiger partial charge in [0.05, 0.1) is 8.07 Å². The molecule has 2 rings (SSSR count). The first kappa shape index (κ1) is 15.8. The summed E-state index contributed by atoms with van der Waals surface area (Å²) in [5.41, 5.74) is 4.61. The monoisotopic (exact) mass is 290 g/mol. The van der Waals surface area contributed by atoms with Gasteiger partial charge in [0.15, 0.2) is 5.78 Å². The summed E-state index contributed by atoms with van der Waals surface area (Å²) < 4.78 is 0. The van der Waals surface area contributed by atoms with E-state index >= 15 is 0 Å². The van der Waals surface area contributed by atoms with Crippen molar-refractivity contribution in [3.8, 4) is 0 Å². The first-order valence-corrected chi connectivity index (χ1v) is 11.9. The molecule has 2 aliphatic rings. The molecule has 0 saturated heterocycles. The van der Waals surface area contributed by atoms with Crippen LogP contribution in [0.15, 0.2) is 21.9 Å². The van der Waals surface area contributed by atoms with Gasteiger partial charge >= 0.3 is 0 Å². The molecule has 0 amide bonds. The fourth-order valence-electron chi connectivity index (χ4n) is 3.79. The molecule has 0 unspecified atom stereocenters. The van der Waals surface area contributed by atoms with Gasteiger partial charge in [-0.15, -0.1) is 0 Å². The van der Waals surface area contributed by atoms with E-state index in [1.807, 2.05) is 0 Å². The first-order valence-electron chi connectivity index (χ1n) is 8.43. The van der Waals surface area contributed by atoms with Crippen LogP contribution in [0.5, 0.6) is 0 Å². The molecule has 112 valence electrons. The zero-order valence-corrected chi connectivity index (χ0v) is 14.8. The number of ketones is 1. The molecule has 0 N–H and O–H groups in total. The molecule has 0 spiro atoms. The van der Waals surface area contributed by atoms with Crippen LogP contribution in [0.3, 0.4) is 0 Å². The molecule has 1 saturated carbocycles. The molecule has 0 heterocycles. The Morgan fingerprint density at radius 1 is 1.05 bits per heavy atom. The van der Waals surface area contributed by atoms with Gasteiger partial charge in [0.25, 0.3) is 0 Å². The molecule has 0 radical (unpaired) electrons. The minimum absolute atomic E-state index is 0.461. The number of carbonyl (C=O) groups excluding carboxylic acids is 1. The van der Waals surface area contributed by atoms with Crippen LogP contribution in [0, 0.1) is 0 Å². The molecule has 20 heavy (non-hydrogen) atoms. The lowest BCUT2D eigenvalue weighted by molar-refractivity contribution is -0.114. The van der Waals surface area contributed by atoms with E-state index in [1.165, 1.54) is 61.3 Å². The third kappa shape index (κ3) is 3.33. The van der Waals surface area contributed by atoms with Crippen molar-refractivity contribution in [2.75, 3.05) is 0 Å². The van der Waals surface area contributed by atoms with Gasteiger partial charge in [-0.2, -0.15) is 0 Å². The average molecular weight is 291 g/mol. The molecule has 0 atom stereocenters. The molecule has 0 aliphatic heterocycles. The summed E-state index contributed by atoms with van der Waals surface area (Å²) >= 11 is 0. The quantitative estimate of drug-likeness (QED) is 0.617. The molecule has 0 aromatic carbocycles. The highest BCUT2D eigenvalue weighted by Gasteiger charge is 2.36. The Kier molecular flexibility index (Phi) is 5.06. The number of hydrogen-bond donors (Lipinski definition) is 0. The molecule has 1 nitrogen and oxygen atoms in total. The van der Waals surface area contributed by atoms with Crippen LogP contribution in [0.25, 0.3) is 0 Å². The first-order chi connectivity index (χ1) is 9.45. The van der Waals surface area contributed by atoms with Crippen LogP contribution < -0.4 is 0 Å². The molecule has 2 aliphatic carbocycles. The van der Waals surface area contributed by atoms with Gasteiger partial charge in [-0.25, -0.2) is 0 Å². The maximum atomic E-state index is 12.6. The Balaban J connectivity index is 2.42. The number of Topliss-reactive ketones (excluding diaryl/α,β-unsaturated/α-hetero) is 1. The summed E-state index contributed by atoms with van der Waals surface area (Å²) in [6.07, 6.45) is 10.8. The molecule has 1 fully saturated rings. The van der Waals surface area contributed by atoms with Crippen LogP contribution in [0.4, 0.5) is 0 Å². The summed E-state index contributed by atoms with van der Waals surface area (Å²) in [7, 11) is -1.51. The van der Waals surface area contributed by atoms with Gasteiger partial charge in [0, 0.05) is 6.42 Å². The van der Waals surface area contributed by atoms with E-state index in [9.17, 15) is 4.79 Å². The second-order valence-electron chi connectivity index (χ2n) is 7.45. The Hall–Kier alpha value is -0.633. The second-order valence-corrected chi connectivity index (χ2v) is 12.4. The summed E-state index contributed by atoms with van der Waals surface area (Å²) in [5.74, 6) is 0.461. The van der Waals surface area contributed by atoms with E-state index in [-0.39, 0.29) is 0 Å². The summed E-state index contributed by atoms with van der Waals surface area (Å²) in [6, 6.07) is 0. The third-order valence-electron chi connectivity index (χ3n) is 4.70.